The average Bonchev–Trinajstić information content (AvgIpc) is 3.28. The zero-order chi connectivity index (χ0) is 23.2. The number of hydrogen-bond acceptors (Lipinski definition) is 8. The van der Waals surface area contributed by atoms with Crippen LogP contribution < -0.4 is 24.3 Å². The maximum absolute atomic E-state index is 12.2. The van der Waals surface area contributed by atoms with Crippen LogP contribution in [-0.4, -0.2) is 50.3 Å². The molecular weight excluding hydrogens is 442 g/mol. The van der Waals surface area contributed by atoms with E-state index in [0.717, 1.165) is 42.5 Å². The molecule has 1 N–H and O–H groups in total. The van der Waals surface area contributed by atoms with Gasteiger partial charge in [-0.05, 0) is 53.9 Å². The number of amides is 1. The van der Waals surface area contributed by atoms with Crippen molar-refractivity contribution in [3.8, 4) is 23.0 Å². The molecule has 2 aromatic carbocycles. The minimum absolute atomic E-state index is 0.0879. The quantitative estimate of drug-likeness (QED) is 0.511. The Morgan fingerprint density at radius 2 is 1.73 bits per heavy atom. The van der Waals surface area contributed by atoms with Crippen molar-refractivity contribution in [3.05, 3.63) is 58.6 Å². The Kier molecular flexibility index (Phi) is 7.31. The fourth-order valence-electron chi connectivity index (χ4n) is 3.72. The van der Waals surface area contributed by atoms with E-state index in [1.54, 1.807) is 45.6 Å². The third kappa shape index (κ3) is 5.74. The molecule has 0 radical (unpaired) electrons. The minimum atomic E-state index is -0.250. The van der Waals surface area contributed by atoms with Gasteiger partial charge in [0.25, 0.3) is 5.91 Å². The number of benzene rings is 2. The number of methoxy groups -OCH3 is 3. The van der Waals surface area contributed by atoms with E-state index >= 15 is 0 Å². The lowest BCUT2D eigenvalue weighted by Gasteiger charge is -2.29. The van der Waals surface area contributed by atoms with E-state index in [4.69, 9.17) is 18.9 Å². The highest BCUT2D eigenvalue weighted by Crippen LogP contribution is 2.33. The van der Waals surface area contributed by atoms with E-state index in [0.29, 0.717) is 17.4 Å². The summed E-state index contributed by atoms with van der Waals surface area (Å²) in [6.07, 6.45) is 0.937. The van der Waals surface area contributed by atoms with E-state index < -0.39 is 0 Å². The molecule has 3 aromatic rings. The maximum Gasteiger partial charge on any atom is 0.264 e. The highest BCUT2D eigenvalue weighted by molar-refractivity contribution is 7.13. The smallest absolute Gasteiger partial charge is 0.264 e. The molecule has 0 saturated heterocycles. The van der Waals surface area contributed by atoms with Crippen LogP contribution >= 0.6 is 11.3 Å². The van der Waals surface area contributed by atoms with Crippen LogP contribution in [0, 0.1) is 0 Å². The van der Waals surface area contributed by atoms with Gasteiger partial charge in [-0.1, -0.05) is 0 Å². The molecular formula is C24H27N3O5S. The summed E-state index contributed by atoms with van der Waals surface area (Å²) in [7, 11) is 4.91. The largest absolute Gasteiger partial charge is 0.497 e. The van der Waals surface area contributed by atoms with Crippen LogP contribution in [0.3, 0.4) is 0 Å². The molecule has 1 aromatic heterocycles. The summed E-state index contributed by atoms with van der Waals surface area (Å²) in [5.74, 6) is 2.59. The molecule has 0 aliphatic carbocycles. The average molecular weight is 470 g/mol. The van der Waals surface area contributed by atoms with Gasteiger partial charge in [-0.15, -0.1) is 11.3 Å². The molecule has 0 spiro atoms. The van der Waals surface area contributed by atoms with Gasteiger partial charge in [0.1, 0.15) is 11.5 Å². The lowest BCUT2D eigenvalue weighted by Crippen LogP contribution is -2.30. The zero-order valence-corrected chi connectivity index (χ0v) is 19.7. The summed E-state index contributed by atoms with van der Waals surface area (Å²) in [6, 6.07) is 11.2. The second kappa shape index (κ2) is 10.5. The fraction of sp³-hybridized carbons (Fsp3) is 0.333. The van der Waals surface area contributed by atoms with Gasteiger partial charge in [0, 0.05) is 25.0 Å². The van der Waals surface area contributed by atoms with Gasteiger partial charge in [-0.3, -0.25) is 15.0 Å². The first-order chi connectivity index (χ1) is 16.1. The molecule has 0 fully saturated rings. The van der Waals surface area contributed by atoms with Crippen molar-refractivity contribution in [1.82, 2.24) is 9.88 Å². The Morgan fingerprint density at radius 1 is 1.03 bits per heavy atom. The van der Waals surface area contributed by atoms with Crippen LogP contribution in [0.4, 0.5) is 5.13 Å². The second-order valence-electron chi connectivity index (χ2n) is 7.59. The summed E-state index contributed by atoms with van der Waals surface area (Å²) in [4.78, 5) is 19.1. The van der Waals surface area contributed by atoms with Gasteiger partial charge in [0.15, 0.2) is 23.2 Å². The van der Waals surface area contributed by atoms with Gasteiger partial charge in [-0.25, -0.2) is 4.98 Å². The molecule has 1 amide bonds. The van der Waals surface area contributed by atoms with Crippen LogP contribution in [0.5, 0.6) is 23.0 Å². The first-order valence-corrected chi connectivity index (χ1v) is 11.4. The minimum Gasteiger partial charge on any atom is -0.497 e. The standard InChI is InChI=1S/C24H27N3O5S/c1-29-19-4-6-20(7-5-19)32-14-23(28)26-24-25-18(15-33-24)13-27-9-8-16-10-21(30-2)22(31-3)11-17(16)12-27/h4-7,10-11,15H,8-9,12-14H2,1-3H3,(H,25,26,28). The van der Waals surface area contributed by atoms with Crippen LogP contribution in [0.25, 0.3) is 0 Å². The molecule has 1 aliphatic heterocycles. The summed E-state index contributed by atoms with van der Waals surface area (Å²) in [5.41, 5.74) is 3.45. The molecule has 1 aliphatic rings. The molecule has 33 heavy (non-hydrogen) atoms. The predicted molar refractivity (Wildman–Crippen MR) is 127 cm³/mol. The summed E-state index contributed by atoms with van der Waals surface area (Å²) < 4.78 is 21.5. The molecule has 2 heterocycles. The third-order valence-electron chi connectivity index (χ3n) is 5.41. The number of hydrogen-bond donors (Lipinski definition) is 1. The Balaban J connectivity index is 1.29. The lowest BCUT2D eigenvalue weighted by atomic mass is 9.98. The van der Waals surface area contributed by atoms with Crippen molar-refractivity contribution in [2.75, 3.05) is 39.8 Å². The van der Waals surface area contributed by atoms with Crippen LogP contribution in [0.1, 0.15) is 16.8 Å². The van der Waals surface area contributed by atoms with E-state index in [-0.39, 0.29) is 12.5 Å². The number of aromatic nitrogens is 1. The number of ether oxygens (including phenoxy) is 4. The molecule has 9 heteroatoms. The topological polar surface area (TPSA) is 82.2 Å². The number of anilines is 1. The SMILES string of the molecule is COc1ccc(OCC(=O)Nc2nc(CN3CCc4cc(OC)c(OC)cc4C3)cs2)cc1. The number of carbonyl (C=O) groups is 1. The third-order valence-corrected chi connectivity index (χ3v) is 6.22. The first-order valence-electron chi connectivity index (χ1n) is 10.5. The molecule has 8 nitrogen and oxygen atoms in total. The Hall–Kier alpha value is -3.30. The number of rotatable bonds is 9. The van der Waals surface area contributed by atoms with Crippen molar-refractivity contribution in [3.63, 3.8) is 0 Å². The molecule has 4 rings (SSSR count). The van der Waals surface area contributed by atoms with Crippen molar-refractivity contribution in [2.45, 2.75) is 19.5 Å². The second-order valence-corrected chi connectivity index (χ2v) is 8.45. The molecule has 0 unspecified atom stereocenters. The monoisotopic (exact) mass is 469 g/mol. The van der Waals surface area contributed by atoms with Gasteiger partial charge in [0.2, 0.25) is 0 Å². The van der Waals surface area contributed by atoms with Gasteiger partial charge in [-0.2, -0.15) is 0 Å². The van der Waals surface area contributed by atoms with Gasteiger partial charge in [0.05, 0.1) is 27.0 Å². The van der Waals surface area contributed by atoms with E-state index in [2.05, 4.69) is 27.3 Å². The maximum atomic E-state index is 12.2. The van der Waals surface area contributed by atoms with Crippen molar-refractivity contribution < 1.29 is 23.7 Å². The van der Waals surface area contributed by atoms with Crippen LogP contribution in [0.2, 0.25) is 0 Å². The molecule has 174 valence electrons. The molecule has 0 bridgehead atoms. The van der Waals surface area contributed by atoms with Crippen molar-refractivity contribution >= 4 is 22.4 Å². The lowest BCUT2D eigenvalue weighted by molar-refractivity contribution is -0.118. The molecule has 0 atom stereocenters. The zero-order valence-electron chi connectivity index (χ0n) is 18.9. The Bertz CT molecular complexity index is 1100. The summed E-state index contributed by atoms with van der Waals surface area (Å²) in [6.45, 7) is 2.36. The first kappa shape index (κ1) is 22.9. The van der Waals surface area contributed by atoms with Gasteiger partial charge < -0.3 is 18.9 Å². The number of nitrogens with one attached hydrogen (secondary N) is 1. The van der Waals surface area contributed by atoms with Crippen LogP contribution in [-0.2, 0) is 24.3 Å². The predicted octanol–water partition coefficient (Wildman–Crippen LogP) is 3.74. The van der Waals surface area contributed by atoms with Gasteiger partial charge >= 0.3 is 0 Å². The summed E-state index contributed by atoms with van der Waals surface area (Å²) >= 11 is 1.41. The number of carbonyl (C=O) groups excluding carboxylic acids is 1. The van der Waals surface area contributed by atoms with E-state index in [1.165, 1.54) is 22.5 Å². The normalized spacial score (nSPS) is 13.2. The van der Waals surface area contributed by atoms with Crippen molar-refractivity contribution in [1.29, 1.82) is 0 Å². The van der Waals surface area contributed by atoms with E-state index in [1.807, 2.05) is 5.38 Å². The number of nitrogens with zero attached hydrogens (tertiary/aromatic N) is 2. The highest BCUT2D eigenvalue weighted by atomic mass is 32.1. The Labute approximate surface area is 197 Å². The molecule has 0 saturated carbocycles. The van der Waals surface area contributed by atoms with Crippen molar-refractivity contribution in [2.24, 2.45) is 0 Å². The summed E-state index contributed by atoms with van der Waals surface area (Å²) in [5, 5.41) is 5.35. The number of fused-ring (bicyclic) bond motifs is 1. The number of thiazole rings is 1. The van der Waals surface area contributed by atoms with Crippen LogP contribution in [0.15, 0.2) is 41.8 Å². The van der Waals surface area contributed by atoms with E-state index in [9.17, 15) is 4.79 Å². The Morgan fingerprint density at radius 3 is 2.42 bits per heavy atom. The fourth-order valence-corrected chi connectivity index (χ4v) is 4.44. The highest BCUT2D eigenvalue weighted by Gasteiger charge is 2.20.